The number of rotatable bonds is 6. The number of carbonyl (C=O) groups is 1. The van der Waals surface area contributed by atoms with Crippen LogP contribution in [0.2, 0.25) is 18.1 Å². The van der Waals surface area contributed by atoms with E-state index in [9.17, 15) is 4.79 Å². The van der Waals surface area contributed by atoms with Gasteiger partial charge in [0.05, 0.1) is 24.2 Å². The molecular weight excluding hydrogens is 384 g/mol. The molecule has 0 bridgehead atoms. The molecule has 162 valence electrons. The molecule has 2 atom stereocenters. The molecule has 2 fully saturated rings. The van der Waals surface area contributed by atoms with E-state index in [4.69, 9.17) is 18.6 Å². The van der Waals surface area contributed by atoms with Gasteiger partial charge in [-0.1, -0.05) is 45.9 Å². The average Bonchev–Trinajstić information content (AvgIpc) is 3.23. The van der Waals surface area contributed by atoms with Crippen LogP contribution in [0.5, 0.6) is 0 Å². The Hall–Kier alpha value is -1.21. The van der Waals surface area contributed by atoms with Crippen LogP contribution in [0.4, 0.5) is 0 Å². The summed E-state index contributed by atoms with van der Waals surface area (Å²) < 4.78 is 24.7. The lowest BCUT2D eigenvalue weighted by atomic mass is 9.78. The first-order chi connectivity index (χ1) is 13.5. The maximum absolute atomic E-state index is 12.7. The first kappa shape index (κ1) is 22.5. The normalized spacial score (nSPS) is 26.8. The smallest absolute Gasteiger partial charge is 0.338 e. The molecule has 29 heavy (non-hydrogen) atoms. The van der Waals surface area contributed by atoms with Gasteiger partial charge in [0.1, 0.15) is 6.10 Å². The van der Waals surface area contributed by atoms with E-state index in [2.05, 4.69) is 40.8 Å². The first-order valence-corrected chi connectivity index (χ1v) is 13.6. The van der Waals surface area contributed by atoms with Crippen LogP contribution in [0.15, 0.2) is 30.3 Å². The van der Waals surface area contributed by atoms with E-state index in [0.717, 1.165) is 19.3 Å². The zero-order chi connectivity index (χ0) is 21.3. The molecule has 0 amide bonds. The van der Waals surface area contributed by atoms with Crippen molar-refractivity contribution < 1.29 is 23.4 Å². The van der Waals surface area contributed by atoms with Crippen LogP contribution in [0.3, 0.4) is 0 Å². The minimum absolute atomic E-state index is 0.154. The van der Waals surface area contributed by atoms with Gasteiger partial charge in [-0.3, -0.25) is 0 Å². The van der Waals surface area contributed by atoms with Crippen LogP contribution >= 0.6 is 0 Å². The van der Waals surface area contributed by atoms with Gasteiger partial charge >= 0.3 is 5.97 Å². The summed E-state index contributed by atoms with van der Waals surface area (Å²) in [5, 5.41) is 0.154. The molecule has 5 nitrogen and oxygen atoms in total. The summed E-state index contributed by atoms with van der Waals surface area (Å²) >= 11 is 0. The van der Waals surface area contributed by atoms with Gasteiger partial charge in [-0.25, -0.2) is 4.79 Å². The van der Waals surface area contributed by atoms with Crippen LogP contribution in [0.25, 0.3) is 0 Å². The number of esters is 1. The molecule has 0 radical (unpaired) electrons. The molecule has 1 spiro atoms. The van der Waals surface area contributed by atoms with Crippen molar-refractivity contribution in [1.29, 1.82) is 0 Å². The third-order valence-corrected chi connectivity index (χ3v) is 11.8. The van der Waals surface area contributed by atoms with Crippen LogP contribution in [0.1, 0.15) is 57.3 Å². The molecule has 6 heteroatoms. The van der Waals surface area contributed by atoms with Crippen LogP contribution in [-0.4, -0.2) is 46.0 Å². The van der Waals surface area contributed by atoms with E-state index < -0.39 is 19.5 Å². The highest BCUT2D eigenvalue weighted by Crippen LogP contribution is 2.55. The molecule has 1 aliphatic carbocycles. The Kier molecular flexibility index (Phi) is 6.31. The second kappa shape index (κ2) is 8.14. The minimum atomic E-state index is -1.86. The van der Waals surface area contributed by atoms with E-state index >= 15 is 0 Å². The molecule has 1 heterocycles. The zero-order valence-corrected chi connectivity index (χ0v) is 19.7. The Morgan fingerprint density at radius 1 is 1.17 bits per heavy atom. The Labute approximate surface area is 176 Å². The van der Waals surface area contributed by atoms with Crippen molar-refractivity contribution in [2.45, 2.75) is 77.0 Å². The lowest BCUT2D eigenvalue weighted by molar-refractivity contribution is -0.234. The summed E-state index contributed by atoms with van der Waals surface area (Å²) in [6, 6.07) is 9.16. The third-order valence-electron chi connectivity index (χ3n) is 7.22. The van der Waals surface area contributed by atoms with Crippen molar-refractivity contribution in [2.24, 2.45) is 5.41 Å². The average molecular weight is 421 g/mol. The fourth-order valence-corrected chi connectivity index (χ4v) is 5.19. The Balaban J connectivity index is 1.75. The molecule has 2 unspecified atom stereocenters. The second-order valence-electron chi connectivity index (χ2n) is 10.0. The summed E-state index contributed by atoms with van der Waals surface area (Å²) in [7, 11) is -1.86. The molecule has 0 N–H and O–H groups in total. The van der Waals surface area contributed by atoms with E-state index in [-0.39, 0.29) is 17.1 Å². The van der Waals surface area contributed by atoms with Gasteiger partial charge in [-0.05, 0) is 43.1 Å². The highest BCUT2D eigenvalue weighted by atomic mass is 28.4. The van der Waals surface area contributed by atoms with Gasteiger partial charge in [0.15, 0.2) is 14.1 Å². The highest BCUT2D eigenvalue weighted by Gasteiger charge is 2.62. The third kappa shape index (κ3) is 4.31. The first-order valence-electron chi connectivity index (χ1n) is 10.7. The summed E-state index contributed by atoms with van der Waals surface area (Å²) in [6.07, 6.45) is 1.92. The zero-order valence-electron chi connectivity index (χ0n) is 18.7. The topological polar surface area (TPSA) is 54.0 Å². The molecule has 1 aromatic rings. The molecule has 1 aromatic carbocycles. The van der Waals surface area contributed by atoms with Crippen molar-refractivity contribution in [3.63, 3.8) is 0 Å². The van der Waals surface area contributed by atoms with Gasteiger partial charge in [0, 0.05) is 13.0 Å². The summed E-state index contributed by atoms with van der Waals surface area (Å²) in [6.45, 7) is 15.1. The van der Waals surface area contributed by atoms with Gasteiger partial charge in [-0.2, -0.15) is 0 Å². The standard InChI is InChI=1S/C23H36O5Si/c1-21(2,3)29(5,6)27-15-14-22(4)19(12-13-23(22)25-16-17-26-23)28-20(24)18-10-8-7-9-11-18/h7-11,19H,12-17H2,1-6H3. The Morgan fingerprint density at radius 2 is 1.79 bits per heavy atom. The summed E-state index contributed by atoms with van der Waals surface area (Å²) in [5.41, 5.74) is 0.123. The molecule has 3 rings (SSSR count). The molecule has 2 aliphatic rings. The highest BCUT2D eigenvalue weighted by molar-refractivity contribution is 6.74. The number of carbonyl (C=O) groups excluding carboxylic acids is 1. The summed E-state index contributed by atoms with van der Waals surface area (Å²) in [5.74, 6) is -0.979. The van der Waals surface area contributed by atoms with Crippen molar-refractivity contribution in [3.05, 3.63) is 35.9 Å². The van der Waals surface area contributed by atoms with Crippen LogP contribution < -0.4 is 0 Å². The Bertz CT molecular complexity index is 706. The molecule has 0 aromatic heterocycles. The molecule has 1 saturated carbocycles. The van der Waals surface area contributed by atoms with Gasteiger partial charge in [0.25, 0.3) is 0 Å². The summed E-state index contributed by atoms with van der Waals surface area (Å²) in [4.78, 5) is 12.7. The van der Waals surface area contributed by atoms with E-state index in [0.29, 0.717) is 25.4 Å². The predicted molar refractivity (Wildman–Crippen MR) is 115 cm³/mol. The molecule has 1 aliphatic heterocycles. The second-order valence-corrected chi connectivity index (χ2v) is 14.8. The maximum Gasteiger partial charge on any atom is 0.338 e. The van der Waals surface area contributed by atoms with Crippen molar-refractivity contribution in [2.75, 3.05) is 19.8 Å². The number of benzene rings is 1. The minimum Gasteiger partial charge on any atom is -0.458 e. The van der Waals surface area contributed by atoms with Crippen molar-refractivity contribution >= 4 is 14.3 Å². The lowest BCUT2D eigenvalue weighted by Crippen LogP contribution is -2.50. The van der Waals surface area contributed by atoms with Gasteiger partial charge < -0.3 is 18.6 Å². The quantitative estimate of drug-likeness (QED) is 0.469. The fraction of sp³-hybridized carbons (Fsp3) is 0.696. The largest absolute Gasteiger partial charge is 0.458 e. The lowest BCUT2D eigenvalue weighted by Gasteiger charge is -2.43. The van der Waals surface area contributed by atoms with Gasteiger partial charge in [0.2, 0.25) is 0 Å². The SMILES string of the molecule is CC1(CCO[Si](C)(C)C(C)(C)C)C(OC(=O)c2ccccc2)CCC12OCCO2. The van der Waals surface area contributed by atoms with Crippen LogP contribution in [0, 0.1) is 5.41 Å². The number of hydrogen-bond donors (Lipinski definition) is 0. The predicted octanol–water partition coefficient (Wildman–Crippen LogP) is 5.17. The molecule has 1 saturated heterocycles. The number of hydrogen-bond acceptors (Lipinski definition) is 5. The number of ether oxygens (including phenoxy) is 3. The van der Waals surface area contributed by atoms with Crippen LogP contribution in [-0.2, 0) is 18.6 Å². The fourth-order valence-electron chi connectivity index (χ4n) is 4.15. The Morgan fingerprint density at radius 3 is 2.38 bits per heavy atom. The monoisotopic (exact) mass is 420 g/mol. The van der Waals surface area contributed by atoms with E-state index in [1.54, 1.807) is 12.1 Å². The van der Waals surface area contributed by atoms with Crippen molar-refractivity contribution in [1.82, 2.24) is 0 Å². The maximum atomic E-state index is 12.7. The van der Waals surface area contributed by atoms with E-state index in [1.807, 2.05) is 18.2 Å². The van der Waals surface area contributed by atoms with Gasteiger partial charge in [-0.15, -0.1) is 0 Å². The molecular formula is C23H36O5Si. The van der Waals surface area contributed by atoms with E-state index in [1.165, 1.54) is 0 Å². The van der Waals surface area contributed by atoms with Crippen molar-refractivity contribution in [3.8, 4) is 0 Å².